The molecule has 3 atom stereocenters. The predicted molar refractivity (Wildman–Crippen MR) is 68.6 cm³/mol. The lowest BCUT2D eigenvalue weighted by molar-refractivity contribution is 0.404. The number of anilines is 1. The Morgan fingerprint density at radius 2 is 2.24 bits per heavy atom. The molecule has 92 valence electrons. The maximum atomic E-state index is 5.93. The van der Waals surface area contributed by atoms with Gasteiger partial charge in [0.15, 0.2) is 0 Å². The molecule has 0 spiro atoms. The highest BCUT2D eigenvalue weighted by Crippen LogP contribution is 2.52. The summed E-state index contributed by atoms with van der Waals surface area (Å²) < 4.78 is 0. The molecule has 0 aliphatic heterocycles. The van der Waals surface area contributed by atoms with Crippen LogP contribution in [0.2, 0.25) is 0 Å². The van der Waals surface area contributed by atoms with E-state index in [-0.39, 0.29) is 0 Å². The number of rotatable bonds is 3. The van der Waals surface area contributed by atoms with Crippen molar-refractivity contribution in [3.8, 4) is 0 Å². The van der Waals surface area contributed by atoms with Crippen LogP contribution >= 0.6 is 0 Å². The van der Waals surface area contributed by atoms with Gasteiger partial charge in [-0.3, -0.25) is 0 Å². The quantitative estimate of drug-likeness (QED) is 0.870. The van der Waals surface area contributed by atoms with Gasteiger partial charge in [0.05, 0.1) is 17.6 Å². The molecule has 1 heterocycles. The molecule has 2 aliphatic rings. The van der Waals surface area contributed by atoms with Crippen LogP contribution in [0, 0.1) is 11.8 Å². The van der Waals surface area contributed by atoms with Gasteiger partial charge in [0, 0.05) is 5.92 Å². The Morgan fingerprint density at radius 1 is 1.35 bits per heavy atom. The smallest absolute Gasteiger partial charge is 0.132 e. The maximum Gasteiger partial charge on any atom is 0.132 e. The Hall–Kier alpha value is -1.12. The summed E-state index contributed by atoms with van der Waals surface area (Å²) in [5.41, 5.74) is 7.74. The number of aryl methyl sites for hydroxylation is 1. The van der Waals surface area contributed by atoms with E-state index in [1.54, 1.807) is 0 Å². The molecule has 1 aromatic rings. The van der Waals surface area contributed by atoms with Crippen LogP contribution in [0.3, 0.4) is 0 Å². The number of hydrogen-bond acceptors (Lipinski definition) is 3. The van der Waals surface area contributed by atoms with Gasteiger partial charge in [0.25, 0.3) is 0 Å². The van der Waals surface area contributed by atoms with Gasteiger partial charge in [-0.25, -0.2) is 9.97 Å². The summed E-state index contributed by atoms with van der Waals surface area (Å²) in [5, 5.41) is 0. The second-order valence-electron chi connectivity index (χ2n) is 5.66. The summed E-state index contributed by atoms with van der Waals surface area (Å²) in [6.45, 7) is 2.17. The van der Waals surface area contributed by atoms with Crippen molar-refractivity contribution in [1.29, 1.82) is 0 Å². The summed E-state index contributed by atoms with van der Waals surface area (Å²) in [6.07, 6.45) is 9.41. The van der Waals surface area contributed by atoms with E-state index in [2.05, 4.69) is 11.9 Å². The largest absolute Gasteiger partial charge is 0.396 e. The average molecular weight is 231 g/mol. The first-order valence-corrected chi connectivity index (χ1v) is 6.89. The van der Waals surface area contributed by atoms with E-state index >= 15 is 0 Å². The van der Waals surface area contributed by atoms with Crippen molar-refractivity contribution >= 4 is 5.69 Å². The lowest BCUT2D eigenvalue weighted by Crippen LogP contribution is -2.14. The third-order valence-electron chi connectivity index (χ3n) is 4.48. The fourth-order valence-electron chi connectivity index (χ4n) is 3.62. The van der Waals surface area contributed by atoms with E-state index < -0.39 is 0 Å². The molecule has 1 aromatic heterocycles. The highest BCUT2D eigenvalue weighted by Gasteiger charge is 2.41. The Labute approximate surface area is 103 Å². The Kier molecular flexibility index (Phi) is 2.77. The molecular weight excluding hydrogens is 210 g/mol. The molecule has 2 bridgehead atoms. The van der Waals surface area contributed by atoms with Crippen LogP contribution in [0.4, 0.5) is 5.69 Å². The third kappa shape index (κ3) is 1.92. The zero-order chi connectivity index (χ0) is 11.8. The molecule has 2 N–H and O–H groups in total. The maximum absolute atomic E-state index is 5.93. The van der Waals surface area contributed by atoms with Crippen LogP contribution in [0.1, 0.15) is 56.5 Å². The minimum Gasteiger partial charge on any atom is -0.396 e. The average Bonchev–Trinajstić information content (AvgIpc) is 2.94. The molecule has 17 heavy (non-hydrogen) atoms. The minimum absolute atomic E-state index is 0.616. The molecular formula is C14H21N3. The van der Waals surface area contributed by atoms with Crippen molar-refractivity contribution in [2.75, 3.05) is 5.73 Å². The number of hydrogen-bond donors (Lipinski definition) is 1. The molecule has 3 rings (SSSR count). The Bertz CT molecular complexity index is 416. The van der Waals surface area contributed by atoms with Crippen LogP contribution in [0.5, 0.6) is 0 Å². The highest BCUT2D eigenvalue weighted by molar-refractivity contribution is 5.40. The number of fused-ring (bicyclic) bond motifs is 2. The summed E-state index contributed by atoms with van der Waals surface area (Å²) in [7, 11) is 0. The van der Waals surface area contributed by atoms with Crippen molar-refractivity contribution in [2.24, 2.45) is 11.8 Å². The van der Waals surface area contributed by atoms with Gasteiger partial charge in [-0.2, -0.15) is 0 Å². The van der Waals surface area contributed by atoms with E-state index in [1.807, 2.05) is 6.20 Å². The summed E-state index contributed by atoms with van der Waals surface area (Å²) in [4.78, 5) is 9.21. The summed E-state index contributed by atoms with van der Waals surface area (Å²) in [6, 6.07) is 0. The van der Waals surface area contributed by atoms with Crippen LogP contribution in [-0.2, 0) is 6.42 Å². The highest BCUT2D eigenvalue weighted by atomic mass is 14.9. The zero-order valence-electron chi connectivity index (χ0n) is 10.5. The first kappa shape index (κ1) is 11.0. The van der Waals surface area contributed by atoms with E-state index in [0.717, 1.165) is 41.9 Å². The number of nitrogens with two attached hydrogens (primary N) is 1. The second kappa shape index (κ2) is 4.28. The normalized spacial score (nSPS) is 31.0. The molecule has 2 saturated carbocycles. The van der Waals surface area contributed by atoms with Crippen molar-refractivity contribution in [1.82, 2.24) is 9.97 Å². The molecule has 3 nitrogen and oxygen atoms in total. The van der Waals surface area contributed by atoms with Crippen LogP contribution in [0.25, 0.3) is 0 Å². The van der Waals surface area contributed by atoms with Gasteiger partial charge in [0.2, 0.25) is 0 Å². The van der Waals surface area contributed by atoms with Gasteiger partial charge >= 0.3 is 0 Å². The molecule has 0 radical (unpaired) electrons. The topological polar surface area (TPSA) is 51.8 Å². The van der Waals surface area contributed by atoms with Gasteiger partial charge in [-0.1, -0.05) is 19.8 Å². The molecule has 3 unspecified atom stereocenters. The number of nitrogen functional groups attached to an aromatic ring is 1. The van der Waals surface area contributed by atoms with Gasteiger partial charge < -0.3 is 5.73 Å². The van der Waals surface area contributed by atoms with Crippen LogP contribution < -0.4 is 5.73 Å². The molecule has 2 fully saturated rings. The first-order chi connectivity index (χ1) is 8.28. The fourth-order valence-corrected chi connectivity index (χ4v) is 3.62. The van der Waals surface area contributed by atoms with E-state index in [0.29, 0.717) is 5.92 Å². The predicted octanol–water partition coefficient (Wildman–Crippen LogP) is 2.91. The van der Waals surface area contributed by atoms with Crippen LogP contribution in [-0.4, -0.2) is 9.97 Å². The van der Waals surface area contributed by atoms with E-state index in [9.17, 15) is 0 Å². The molecule has 3 heteroatoms. The molecule has 0 saturated heterocycles. The van der Waals surface area contributed by atoms with E-state index in [1.165, 1.54) is 25.7 Å². The van der Waals surface area contributed by atoms with Crippen molar-refractivity contribution in [3.63, 3.8) is 0 Å². The molecule has 0 aromatic carbocycles. The van der Waals surface area contributed by atoms with Crippen molar-refractivity contribution < 1.29 is 0 Å². The molecule has 0 amide bonds. The SMILES string of the molecule is CCCc1nc(C2CC3CCC2C3)ncc1N. The summed E-state index contributed by atoms with van der Waals surface area (Å²) in [5.74, 6) is 3.47. The van der Waals surface area contributed by atoms with Gasteiger partial charge in [-0.05, 0) is 37.5 Å². The monoisotopic (exact) mass is 231 g/mol. The molecule has 2 aliphatic carbocycles. The Morgan fingerprint density at radius 3 is 2.88 bits per heavy atom. The third-order valence-corrected chi connectivity index (χ3v) is 4.48. The number of nitrogens with zero attached hydrogens (tertiary/aromatic N) is 2. The van der Waals surface area contributed by atoms with Crippen molar-refractivity contribution in [2.45, 2.75) is 51.4 Å². The summed E-state index contributed by atoms with van der Waals surface area (Å²) >= 11 is 0. The lowest BCUT2D eigenvalue weighted by atomic mass is 9.88. The minimum atomic E-state index is 0.616. The standard InChI is InChI=1S/C14H21N3/c1-2-3-13-12(15)8-16-14(17-13)11-7-9-4-5-10(11)6-9/h8-11H,2-7,15H2,1H3. The Balaban J connectivity index is 1.85. The zero-order valence-corrected chi connectivity index (χ0v) is 10.5. The number of aromatic nitrogens is 2. The fraction of sp³-hybridized carbons (Fsp3) is 0.714. The second-order valence-corrected chi connectivity index (χ2v) is 5.66. The van der Waals surface area contributed by atoms with Crippen molar-refractivity contribution in [3.05, 3.63) is 17.7 Å². The van der Waals surface area contributed by atoms with Crippen LogP contribution in [0.15, 0.2) is 6.20 Å². The first-order valence-electron chi connectivity index (χ1n) is 6.89. The van der Waals surface area contributed by atoms with Gasteiger partial charge in [-0.15, -0.1) is 0 Å². The lowest BCUT2D eigenvalue weighted by Gasteiger charge is -2.20. The van der Waals surface area contributed by atoms with E-state index in [4.69, 9.17) is 10.7 Å². The van der Waals surface area contributed by atoms with Gasteiger partial charge in [0.1, 0.15) is 5.82 Å².